The molecule has 15 heavy (non-hydrogen) atoms. The van der Waals surface area contributed by atoms with Gasteiger partial charge in [-0.2, -0.15) is 0 Å². The van der Waals surface area contributed by atoms with Crippen LogP contribution in [0.1, 0.15) is 58.3 Å². The number of carbonyl (C=O) groups excluding carboxylic acids is 1. The highest BCUT2D eigenvalue weighted by Gasteiger charge is 1.96. The topological polar surface area (TPSA) is 37.3 Å². The van der Waals surface area contributed by atoms with Crippen LogP contribution >= 0.6 is 0 Å². The highest BCUT2D eigenvalue weighted by molar-refractivity contribution is 5.89. The Morgan fingerprint density at radius 1 is 1.07 bits per heavy atom. The summed E-state index contributed by atoms with van der Waals surface area (Å²) in [4.78, 5) is 11.1. The predicted octanol–water partition coefficient (Wildman–Crippen LogP) is 3.24. The van der Waals surface area contributed by atoms with Gasteiger partial charge in [-0.15, -0.1) is 0 Å². The van der Waals surface area contributed by atoms with E-state index in [1.165, 1.54) is 44.3 Å². The summed E-state index contributed by atoms with van der Waals surface area (Å²) in [7, 11) is 0. The normalized spacial score (nSPS) is 11.1. The van der Waals surface area contributed by atoms with Crippen molar-refractivity contribution in [3.05, 3.63) is 12.2 Å². The number of rotatable bonds is 10. The van der Waals surface area contributed by atoms with Gasteiger partial charge in [0.05, 0.1) is 6.61 Å². The van der Waals surface area contributed by atoms with Crippen molar-refractivity contribution < 1.29 is 9.90 Å². The molecule has 0 rings (SSSR count). The summed E-state index contributed by atoms with van der Waals surface area (Å²) in [5.41, 5.74) is 0. The second-order valence-corrected chi connectivity index (χ2v) is 3.92. The summed E-state index contributed by atoms with van der Waals surface area (Å²) in [6.07, 6.45) is 12.2. The standard InChI is InChI=1S/C13H24O2/c1-2-3-4-5-6-7-8-10-13(15)11-9-12-14/h9,11,14H,2-8,10,12H2,1H3/b11-9+. The van der Waals surface area contributed by atoms with Crippen molar-refractivity contribution in [2.45, 2.75) is 58.3 Å². The quantitative estimate of drug-likeness (QED) is 0.446. The van der Waals surface area contributed by atoms with Crippen molar-refractivity contribution in [3.8, 4) is 0 Å². The molecule has 2 nitrogen and oxygen atoms in total. The van der Waals surface area contributed by atoms with Crippen molar-refractivity contribution in [2.75, 3.05) is 6.61 Å². The first-order valence-electron chi connectivity index (χ1n) is 6.11. The van der Waals surface area contributed by atoms with Crippen LogP contribution in [0.15, 0.2) is 12.2 Å². The van der Waals surface area contributed by atoms with Gasteiger partial charge in [0, 0.05) is 6.42 Å². The van der Waals surface area contributed by atoms with Crippen molar-refractivity contribution in [1.29, 1.82) is 0 Å². The molecule has 0 spiro atoms. The van der Waals surface area contributed by atoms with E-state index >= 15 is 0 Å². The second-order valence-electron chi connectivity index (χ2n) is 3.92. The zero-order valence-corrected chi connectivity index (χ0v) is 9.87. The van der Waals surface area contributed by atoms with Crippen molar-refractivity contribution in [1.82, 2.24) is 0 Å². The molecule has 0 amide bonds. The summed E-state index contributed by atoms with van der Waals surface area (Å²) in [5, 5.41) is 8.47. The van der Waals surface area contributed by atoms with E-state index < -0.39 is 0 Å². The van der Waals surface area contributed by atoms with Gasteiger partial charge in [-0.25, -0.2) is 0 Å². The second kappa shape index (κ2) is 11.4. The summed E-state index contributed by atoms with van der Waals surface area (Å²) < 4.78 is 0. The van der Waals surface area contributed by atoms with Gasteiger partial charge >= 0.3 is 0 Å². The van der Waals surface area contributed by atoms with Gasteiger partial charge in [-0.3, -0.25) is 4.79 Å². The third-order valence-corrected chi connectivity index (χ3v) is 2.44. The zero-order chi connectivity index (χ0) is 11.4. The van der Waals surface area contributed by atoms with Crippen LogP contribution in [-0.4, -0.2) is 17.5 Å². The van der Waals surface area contributed by atoms with Crippen molar-refractivity contribution in [3.63, 3.8) is 0 Å². The summed E-state index contributed by atoms with van der Waals surface area (Å²) in [6, 6.07) is 0. The Morgan fingerprint density at radius 2 is 1.67 bits per heavy atom. The third kappa shape index (κ3) is 11.3. The minimum absolute atomic E-state index is 0.0389. The minimum atomic E-state index is -0.0389. The fourth-order valence-corrected chi connectivity index (χ4v) is 1.52. The van der Waals surface area contributed by atoms with Gasteiger partial charge in [-0.05, 0) is 12.5 Å². The van der Waals surface area contributed by atoms with E-state index in [1.807, 2.05) is 0 Å². The van der Waals surface area contributed by atoms with Crippen LogP contribution in [0.4, 0.5) is 0 Å². The van der Waals surface area contributed by atoms with E-state index in [0.29, 0.717) is 6.42 Å². The Bertz CT molecular complexity index is 173. The monoisotopic (exact) mass is 212 g/mol. The smallest absolute Gasteiger partial charge is 0.155 e. The predicted molar refractivity (Wildman–Crippen MR) is 63.8 cm³/mol. The summed E-state index contributed by atoms with van der Waals surface area (Å²) >= 11 is 0. The number of ketones is 1. The first kappa shape index (κ1) is 14.4. The summed E-state index contributed by atoms with van der Waals surface area (Å²) in [5.74, 6) is 0.137. The molecule has 0 aliphatic heterocycles. The maximum atomic E-state index is 11.1. The molecule has 1 N–H and O–H groups in total. The number of hydrogen-bond acceptors (Lipinski definition) is 2. The van der Waals surface area contributed by atoms with E-state index in [9.17, 15) is 4.79 Å². The molecule has 2 heteroatoms. The van der Waals surface area contributed by atoms with Gasteiger partial charge < -0.3 is 5.11 Å². The first-order chi connectivity index (χ1) is 7.31. The molecule has 0 aromatic rings. The van der Waals surface area contributed by atoms with Crippen molar-refractivity contribution >= 4 is 5.78 Å². The van der Waals surface area contributed by atoms with E-state index in [1.54, 1.807) is 0 Å². The first-order valence-corrected chi connectivity index (χ1v) is 6.11. The van der Waals surface area contributed by atoms with E-state index in [0.717, 1.165) is 12.8 Å². The molecule has 0 bridgehead atoms. The third-order valence-electron chi connectivity index (χ3n) is 2.44. The van der Waals surface area contributed by atoms with Gasteiger partial charge in [0.15, 0.2) is 5.78 Å². The van der Waals surface area contributed by atoms with Crippen LogP contribution in [0.3, 0.4) is 0 Å². The van der Waals surface area contributed by atoms with Crippen LogP contribution in [0.5, 0.6) is 0 Å². The van der Waals surface area contributed by atoms with Crippen LogP contribution < -0.4 is 0 Å². The molecule has 0 aromatic heterocycles. The molecule has 0 unspecified atom stereocenters. The van der Waals surface area contributed by atoms with Crippen molar-refractivity contribution in [2.24, 2.45) is 0 Å². The highest BCUT2D eigenvalue weighted by Crippen LogP contribution is 2.08. The molecule has 0 aromatic carbocycles. The Hall–Kier alpha value is -0.630. The van der Waals surface area contributed by atoms with E-state index in [2.05, 4.69) is 6.92 Å². The maximum Gasteiger partial charge on any atom is 0.155 e. The average Bonchev–Trinajstić information content (AvgIpc) is 2.25. The number of aliphatic hydroxyl groups is 1. The minimum Gasteiger partial charge on any atom is -0.392 e. The Kier molecular flexibility index (Phi) is 11.0. The highest BCUT2D eigenvalue weighted by atomic mass is 16.2. The lowest BCUT2D eigenvalue weighted by Gasteiger charge is -1.99. The molecule has 0 fully saturated rings. The molecular formula is C13H24O2. The molecule has 0 aliphatic carbocycles. The molecule has 0 saturated heterocycles. The van der Waals surface area contributed by atoms with Crippen LogP contribution in [-0.2, 0) is 4.79 Å². The molecule has 0 heterocycles. The van der Waals surface area contributed by atoms with E-state index in [4.69, 9.17) is 5.11 Å². The van der Waals surface area contributed by atoms with Gasteiger partial charge in [-0.1, -0.05) is 51.5 Å². The fraction of sp³-hybridized carbons (Fsp3) is 0.769. The SMILES string of the molecule is CCCCCCCCCC(=O)/C=C/CO. The maximum absolute atomic E-state index is 11.1. The number of allylic oxidation sites excluding steroid dienone is 1. The number of aliphatic hydroxyl groups excluding tert-OH is 1. The zero-order valence-electron chi connectivity index (χ0n) is 9.87. The van der Waals surface area contributed by atoms with Crippen LogP contribution in [0.25, 0.3) is 0 Å². The summed E-state index contributed by atoms with van der Waals surface area (Å²) in [6.45, 7) is 2.18. The lowest BCUT2D eigenvalue weighted by Crippen LogP contribution is -1.93. The Labute approximate surface area is 93.4 Å². The molecule has 88 valence electrons. The van der Waals surface area contributed by atoms with Gasteiger partial charge in [0.25, 0.3) is 0 Å². The Balaban J connectivity index is 3.16. The van der Waals surface area contributed by atoms with Crippen LogP contribution in [0.2, 0.25) is 0 Å². The molecular weight excluding hydrogens is 188 g/mol. The lowest BCUT2D eigenvalue weighted by molar-refractivity contribution is -0.114. The lowest BCUT2D eigenvalue weighted by atomic mass is 10.1. The molecule has 0 aliphatic rings. The molecule has 0 atom stereocenters. The Morgan fingerprint density at radius 3 is 2.27 bits per heavy atom. The average molecular weight is 212 g/mol. The number of unbranched alkanes of at least 4 members (excludes halogenated alkanes) is 6. The van der Waals surface area contributed by atoms with Gasteiger partial charge in [0.1, 0.15) is 0 Å². The van der Waals surface area contributed by atoms with Crippen LogP contribution in [0, 0.1) is 0 Å². The molecule has 0 saturated carbocycles. The molecule has 0 radical (unpaired) electrons. The number of hydrogen-bond donors (Lipinski definition) is 1. The number of carbonyl (C=O) groups is 1. The largest absolute Gasteiger partial charge is 0.392 e. The van der Waals surface area contributed by atoms with E-state index in [-0.39, 0.29) is 12.4 Å². The van der Waals surface area contributed by atoms with Gasteiger partial charge in [0.2, 0.25) is 0 Å². The fourth-order valence-electron chi connectivity index (χ4n) is 1.52.